The Labute approximate surface area is 95.9 Å². The molecule has 0 aliphatic rings. The Bertz CT molecular complexity index is 622. The van der Waals surface area contributed by atoms with Crippen LogP contribution in [0.1, 0.15) is 0 Å². The number of H-pyrrole nitrogens is 1. The number of aromatic nitrogens is 3. The van der Waals surface area contributed by atoms with Crippen molar-refractivity contribution in [3.63, 3.8) is 0 Å². The quantitative estimate of drug-likeness (QED) is 0.685. The minimum absolute atomic E-state index is 0.0763. The number of nitrogens with zero attached hydrogens (tertiary/aromatic N) is 2. The SMILES string of the molecule is Nc1[nH]ncc1S(=O)(=O)Nc1ccc(F)nc1. The summed E-state index contributed by atoms with van der Waals surface area (Å²) < 4.78 is 38.3. The summed E-state index contributed by atoms with van der Waals surface area (Å²) >= 11 is 0. The van der Waals surface area contributed by atoms with Crippen molar-refractivity contribution in [2.45, 2.75) is 4.90 Å². The largest absolute Gasteiger partial charge is 0.383 e. The van der Waals surface area contributed by atoms with Crippen molar-refractivity contribution in [1.29, 1.82) is 0 Å². The van der Waals surface area contributed by atoms with E-state index in [0.717, 1.165) is 18.5 Å². The summed E-state index contributed by atoms with van der Waals surface area (Å²) in [4.78, 5) is 3.14. The van der Waals surface area contributed by atoms with Crippen molar-refractivity contribution in [3.05, 3.63) is 30.5 Å². The summed E-state index contributed by atoms with van der Waals surface area (Å²) in [6.07, 6.45) is 2.14. The topological polar surface area (TPSA) is 114 Å². The van der Waals surface area contributed by atoms with E-state index < -0.39 is 16.0 Å². The lowest BCUT2D eigenvalue weighted by molar-refractivity contribution is 0.583. The highest BCUT2D eigenvalue weighted by atomic mass is 32.2. The van der Waals surface area contributed by atoms with Gasteiger partial charge in [-0.05, 0) is 12.1 Å². The van der Waals surface area contributed by atoms with Crippen LogP contribution in [0.3, 0.4) is 0 Å². The van der Waals surface area contributed by atoms with Gasteiger partial charge in [0.2, 0.25) is 5.95 Å². The molecule has 2 rings (SSSR count). The number of anilines is 2. The van der Waals surface area contributed by atoms with Gasteiger partial charge in [-0.3, -0.25) is 9.82 Å². The van der Waals surface area contributed by atoms with Crippen molar-refractivity contribution < 1.29 is 12.8 Å². The Hall–Kier alpha value is -2.16. The van der Waals surface area contributed by atoms with Crippen molar-refractivity contribution in [1.82, 2.24) is 15.2 Å². The van der Waals surface area contributed by atoms with E-state index in [1.54, 1.807) is 0 Å². The molecule has 2 aromatic heterocycles. The molecule has 0 saturated heterocycles. The van der Waals surface area contributed by atoms with Crippen LogP contribution in [0.2, 0.25) is 0 Å². The Morgan fingerprint density at radius 2 is 2.12 bits per heavy atom. The third-order valence-electron chi connectivity index (χ3n) is 1.90. The first-order valence-corrected chi connectivity index (χ1v) is 5.90. The molecular weight excluding hydrogens is 249 g/mol. The van der Waals surface area contributed by atoms with Gasteiger partial charge in [0.1, 0.15) is 10.7 Å². The van der Waals surface area contributed by atoms with Crippen LogP contribution in [0, 0.1) is 5.95 Å². The second-order valence-corrected chi connectivity index (χ2v) is 4.77. The lowest BCUT2D eigenvalue weighted by atomic mass is 10.4. The molecule has 0 bridgehead atoms. The molecule has 0 unspecified atom stereocenters. The first-order valence-electron chi connectivity index (χ1n) is 4.42. The molecule has 7 nitrogen and oxygen atoms in total. The number of hydrogen-bond donors (Lipinski definition) is 3. The zero-order chi connectivity index (χ0) is 12.5. The van der Waals surface area contributed by atoms with E-state index in [2.05, 4.69) is 19.9 Å². The second-order valence-electron chi connectivity index (χ2n) is 3.12. The summed E-state index contributed by atoms with van der Waals surface area (Å²) in [6.45, 7) is 0. The number of nitrogens with two attached hydrogens (primary N) is 1. The predicted octanol–water partition coefficient (Wildman–Crippen LogP) is 0.327. The normalized spacial score (nSPS) is 11.4. The summed E-state index contributed by atoms with van der Waals surface area (Å²) in [7, 11) is -3.84. The Morgan fingerprint density at radius 1 is 1.35 bits per heavy atom. The summed E-state index contributed by atoms with van der Waals surface area (Å²) in [5.74, 6) is -0.775. The molecule has 90 valence electrons. The van der Waals surface area contributed by atoms with Crippen molar-refractivity contribution >= 4 is 21.5 Å². The number of rotatable bonds is 3. The van der Waals surface area contributed by atoms with E-state index in [1.165, 1.54) is 6.07 Å². The standard InChI is InChI=1S/C8H8FN5O2S/c9-7-2-1-5(3-11-7)14-17(15,16)6-4-12-13-8(6)10/h1-4,14H,(H3,10,12,13). The van der Waals surface area contributed by atoms with Crippen molar-refractivity contribution in [2.24, 2.45) is 0 Å². The highest BCUT2D eigenvalue weighted by Crippen LogP contribution is 2.18. The molecule has 2 heterocycles. The summed E-state index contributed by atoms with van der Waals surface area (Å²) in [5, 5.41) is 5.80. The molecule has 0 atom stereocenters. The molecule has 0 aliphatic heterocycles. The highest BCUT2D eigenvalue weighted by molar-refractivity contribution is 7.92. The summed E-state index contributed by atoms with van der Waals surface area (Å²) in [6, 6.07) is 2.28. The third-order valence-corrected chi connectivity index (χ3v) is 3.31. The minimum atomic E-state index is -3.84. The Kier molecular flexibility index (Phi) is 2.68. The van der Waals surface area contributed by atoms with Crippen LogP contribution in [0.4, 0.5) is 15.9 Å². The average molecular weight is 257 g/mol. The monoisotopic (exact) mass is 257 g/mol. The molecule has 0 aliphatic carbocycles. The Morgan fingerprint density at radius 3 is 2.65 bits per heavy atom. The van der Waals surface area contributed by atoms with Gasteiger partial charge in [0, 0.05) is 0 Å². The van der Waals surface area contributed by atoms with Crippen LogP contribution in [-0.2, 0) is 10.0 Å². The molecular formula is C8H8FN5O2S. The third kappa shape index (κ3) is 2.33. The van der Waals surface area contributed by atoms with Crippen LogP contribution in [0.15, 0.2) is 29.4 Å². The molecule has 17 heavy (non-hydrogen) atoms. The maximum Gasteiger partial charge on any atom is 0.267 e. The van der Waals surface area contributed by atoms with E-state index in [0.29, 0.717) is 0 Å². The fourth-order valence-corrected chi connectivity index (χ4v) is 2.21. The zero-order valence-corrected chi connectivity index (χ0v) is 9.20. The zero-order valence-electron chi connectivity index (χ0n) is 8.38. The number of pyridine rings is 1. The molecule has 0 spiro atoms. The van der Waals surface area contributed by atoms with E-state index in [-0.39, 0.29) is 16.4 Å². The predicted molar refractivity (Wildman–Crippen MR) is 58.0 cm³/mol. The Balaban J connectivity index is 2.30. The van der Waals surface area contributed by atoms with Crippen LogP contribution in [0.5, 0.6) is 0 Å². The van der Waals surface area contributed by atoms with Crippen LogP contribution < -0.4 is 10.5 Å². The number of sulfonamides is 1. The number of halogens is 1. The van der Waals surface area contributed by atoms with Crippen LogP contribution in [0.25, 0.3) is 0 Å². The number of nitrogen functional groups attached to an aromatic ring is 1. The van der Waals surface area contributed by atoms with Crippen molar-refractivity contribution in [2.75, 3.05) is 10.5 Å². The van der Waals surface area contributed by atoms with Gasteiger partial charge >= 0.3 is 0 Å². The van der Waals surface area contributed by atoms with E-state index in [1.807, 2.05) is 0 Å². The fraction of sp³-hybridized carbons (Fsp3) is 0. The molecule has 0 amide bonds. The van der Waals surface area contributed by atoms with Gasteiger partial charge in [-0.25, -0.2) is 13.4 Å². The lowest BCUT2D eigenvalue weighted by Gasteiger charge is -2.05. The molecule has 4 N–H and O–H groups in total. The molecule has 0 fully saturated rings. The van der Waals surface area contributed by atoms with Gasteiger partial charge in [0.15, 0.2) is 0 Å². The maximum atomic E-state index is 12.5. The molecule has 9 heteroatoms. The van der Waals surface area contributed by atoms with E-state index >= 15 is 0 Å². The van der Waals surface area contributed by atoms with Gasteiger partial charge in [0.25, 0.3) is 10.0 Å². The van der Waals surface area contributed by atoms with Gasteiger partial charge in [-0.2, -0.15) is 9.49 Å². The van der Waals surface area contributed by atoms with Gasteiger partial charge in [-0.15, -0.1) is 0 Å². The lowest BCUT2D eigenvalue weighted by Crippen LogP contribution is -2.14. The van der Waals surface area contributed by atoms with Gasteiger partial charge in [-0.1, -0.05) is 0 Å². The maximum absolute atomic E-state index is 12.5. The van der Waals surface area contributed by atoms with Crippen LogP contribution in [-0.4, -0.2) is 23.6 Å². The molecule has 0 saturated carbocycles. The van der Waals surface area contributed by atoms with E-state index in [4.69, 9.17) is 5.73 Å². The smallest absolute Gasteiger partial charge is 0.267 e. The van der Waals surface area contributed by atoms with Gasteiger partial charge < -0.3 is 5.73 Å². The van der Waals surface area contributed by atoms with Crippen LogP contribution >= 0.6 is 0 Å². The number of hydrogen-bond acceptors (Lipinski definition) is 5. The molecule has 0 aromatic carbocycles. The average Bonchev–Trinajstić information content (AvgIpc) is 2.68. The van der Waals surface area contributed by atoms with Crippen molar-refractivity contribution in [3.8, 4) is 0 Å². The molecule has 0 radical (unpaired) electrons. The summed E-state index contributed by atoms with van der Waals surface area (Å²) in [5.41, 5.74) is 5.52. The second kappa shape index (κ2) is 4.01. The van der Waals surface area contributed by atoms with Gasteiger partial charge in [0.05, 0.1) is 18.1 Å². The van der Waals surface area contributed by atoms with E-state index in [9.17, 15) is 12.8 Å². The fourth-order valence-electron chi connectivity index (χ4n) is 1.15. The first-order chi connectivity index (χ1) is 7.99. The molecule has 2 aromatic rings. The first kappa shape index (κ1) is 11.3. The minimum Gasteiger partial charge on any atom is -0.383 e. The number of nitrogens with one attached hydrogen (secondary N) is 2. The highest BCUT2D eigenvalue weighted by Gasteiger charge is 2.19. The number of aromatic amines is 1.